The van der Waals surface area contributed by atoms with E-state index in [1.165, 1.54) is 6.20 Å². The van der Waals surface area contributed by atoms with E-state index in [0.29, 0.717) is 15.9 Å². The molecular formula is C13H14BrN3O3S. The van der Waals surface area contributed by atoms with Crippen LogP contribution >= 0.6 is 15.9 Å². The first-order valence-corrected chi connectivity index (χ1v) is 8.51. The van der Waals surface area contributed by atoms with Crippen LogP contribution in [0.3, 0.4) is 0 Å². The summed E-state index contributed by atoms with van der Waals surface area (Å²) < 4.78 is 32.2. The van der Waals surface area contributed by atoms with Crippen molar-refractivity contribution in [1.29, 1.82) is 0 Å². The second-order valence-electron chi connectivity index (χ2n) is 4.14. The Morgan fingerprint density at radius 1 is 1.24 bits per heavy atom. The molecule has 0 aliphatic heterocycles. The molecular weight excluding hydrogens is 358 g/mol. The number of nitrogen functional groups attached to an aromatic ring is 1. The number of hydrogen-bond donors (Lipinski definition) is 2. The van der Waals surface area contributed by atoms with Crippen molar-refractivity contribution in [2.24, 2.45) is 0 Å². The molecule has 0 aliphatic carbocycles. The lowest BCUT2D eigenvalue weighted by Gasteiger charge is -2.10. The fraction of sp³-hybridized carbons (Fsp3) is 0.154. The van der Waals surface area contributed by atoms with Crippen LogP contribution in [0.4, 0.5) is 11.5 Å². The molecule has 0 aliphatic rings. The van der Waals surface area contributed by atoms with Crippen LogP contribution in [0.15, 0.2) is 47.1 Å². The maximum Gasteiger partial charge on any atom is 0.237 e. The standard InChI is InChI=1S/C13H14BrN3O3S/c14-10-4-3-7-16-13(10)17-21(18,19)9-8-20-12-6-2-1-5-11(12)15/h1-7H,8-9,15H2,(H,16,17). The van der Waals surface area contributed by atoms with E-state index >= 15 is 0 Å². The third kappa shape index (κ3) is 4.61. The topological polar surface area (TPSA) is 94.3 Å². The zero-order chi connectivity index (χ0) is 15.3. The van der Waals surface area contributed by atoms with Crippen molar-refractivity contribution in [2.45, 2.75) is 0 Å². The fourth-order valence-electron chi connectivity index (χ4n) is 1.53. The van der Waals surface area contributed by atoms with Gasteiger partial charge in [-0.2, -0.15) is 0 Å². The van der Waals surface area contributed by atoms with Crippen molar-refractivity contribution < 1.29 is 13.2 Å². The summed E-state index contributed by atoms with van der Waals surface area (Å²) in [7, 11) is -3.55. The van der Waals surface area contributed by atoms with Gasteiger partial charge in [-0.3, -0.25) is 4.72 Å². The van der Waals surface area contributed by atoms with Gasteiger partial charge in [-0.25, -0.2) is 13.4 Å². The number of aromatic nitrogens is 1. The van der Waals surface area contributed by atoms with Gasteiger partial charge in [0, 0.05) is 6.20 Å². The van der Waals surface area contributed by atoms with Gasteiger partial charge in [0.25, 0.3) is 0 Å². The maximum absolute atomic E-state index is 11.9. The molecule has 0 amide bonds. The molecule has 2 aromatic rings. The quantitative estimate of drug-likeness (QED) is 0.759. The van der Waals surface area contributed by atoms with Crippen LogP contribution in [0.25, 0.3) is 0 Å². The largest absolute Gasteiger partial charge is 0.490 e. The van der Waals surface area contributed by atoms with Crippen LogP contribution in [0.5, 0.6) is 5.75 Å². The number of halogens is 1. The number of sulfonamides is 1. The minimum Gasteiger partial charge on any atom is -0.490 e. The monoisotopic (exact) mass is 371 g/mol. The summed E-state index contributed by atoms with van der Waals surface area (Å²) in [5, 5.41) is 0. The summed E-state index contributed by atoms with van der Waals surface area (Å²) in [5.41, 5.74) is 6.18. The molecule has 0 bridgehead atoms. The zero-order valence-electron chi connectivity index (χ0n) is 11.0. The summed E-state index contributed by atoms with van der Waals surface area (Å²) in [4.78, 5) is 3.95. The number of anilines is 2. The summed E-state index contributed by atoms with van der Waals surface area (Å²) >= 11 is 3.23. The molecule has 112 valence electrons. The van der Waals surface area contributed by atoms with Gasteiger partial charge in [0.2, 0.25) is 10.0 Å². The third-order valence-electron chi connectivity index (χ3n) is 2.54. The molecule has 0 unspecified atom stereocenters. The lowest BCUT2D eigenvalue weighted by molar-refractivity contribution is 0.343. The van der Waals surface area contributed by atoms with Gasteiger partial charge < -0.3 is 10.5 Å². The van der Waals surface area contributed by atoms with E-state index in [2.05, 4.69) is 25.6 Å². The van der Waals surface area contributed by atoms with Crippen molar-refractivity contribution in [2.75, 3.05) is 22.8 Å². The van der Waals surface area contributed by atoms with Crippen LogP contribution < -0.4 is 15.2 Å². The van der Waals surface area contributed by atoms with Gasteiger partial charge in [0.1, 0.15) is 18.1 Å². The van der Waals surface area contributed by atoms with E-state index < -0.39 is 10.0 Å². The van der Waals surface area contributed by atoms with E-state index in [0.717, 1.165) is 0 Å². The first-order chi connectivity index (χ1) is 9.98. The summed E-state index contributed by atoms with van der Waals surface area (Å²) in [6.07, 6.45) is 1.50. The van der Waals surface area contributed by atoms with Crippen LogP contribution in [-0.2, 0) is 10.0 Å². The Hall–Kier alpha value is -1.80. The normalized spacial score (nSPS) is 11.1. The van der Waals surface area contributed by atoms with E-state index in [9.17, 15) is 8.42 Å². The van der Waals surface area contributed by atoms with Crippen LogP contribution in [0.2, 0.25) is 0 Å². The Morgan fingerprint density at radius 3 is 2.71 bits per heavy atom. The minimum atomic E-state index is -3.55. The number of nitrogens with two attached hydrogens (primary N) is 1. The maximum atomic E-state index is 11.9. The Kier molecular flexibility index (Phi) is 5.03. The first-order valence-electron chi connectivity index (χ1n) is 6.06. The predicted molar refractivity (Wildman–Crippen MR) is 85.7 cm³/mol. The number of pyridine rings is 1. The highest BCUT2D eigenvalue weighted by Crippen LogP contribution is 2.21. The molecule has 8 heteroatoms. The van der Waals surface area contributed by atoms with Gasteiger partial charge >= 0.3 is 0 Å². The molecule has 1 aromatic carbocycles. The number of nitrogens with zero attached hydrogens (tertiary/aromatic N) is 1. The van der Waals surface area contributed by atoms with Crippen molar-refractivity contribution in [3.63, 3.8) is 0 Å². The third-order valence-corrected chi connectivity index (χ3v) is 4.39. The van der Waals surface area contributed by atoms with Gasteiger partial charge in [-0.05, 0) is 40.2 Å². The van der Waals surface area contributed by atoms with E-state index in [4.69, 9.17) is 10.5 Å². The summed E-state index contributed by atoms with van der Waals surface area (Å²) in [5.74, 6) is 0.508. The second-order valence-corrected chi connectivity index (χ2v) is 6.84. The Balaban J connectivity index is 1.93. The van der Waals surface area contributed by atoms with Crippen molar-refractivity contribution in [3.8, 4) is 5.75 Å². The Morgan fingerprint density at radius 2 is 2.00 bits per heavy atom. The molecule has 0 atom stereocenters. The highest BCUT2D eigenvalue weighted by molar-refractivity contribution is 9.10. The van der Waals surface area contributed by atoms with Crippen LogP contribution in [-0.4, -0.2) is 25.8 Å². The molecule has 21 heavy (non-hydrogen) atoms. The number of benzene rings is 1. The van der Waals surface area contributed by atoms with E-state index in [-0.39, 0.29) is 18.2 Å². The number of nitrogens with one attached hydrogen (secondary N) is 1. The molecule has 3 N–H and O–H groups in total. The highest BCUT2D eigenvalue weighted by Gasteiger charge is 2.13. The van der Waals surface area contributed by atoms with E-state index in [1.807, 2.05) is 0 Å². The zero-order valence-corrected chi connectivity index (χ0v) is 13.4. The van der Waals surface area contributed by atoms with Crippen LogP contribution in [0.1, 0.15) is 0 Å². The molecule has 2 rings (SSSR count). The predicted octanol–water partition coefficient (Wildman–Crippen LogP) is 2.25. The Labute approximate surface area is 131 Å². The van der Waals surface area contributed by atoms with Crippen LogP contribution in [0, 0.1) is 0 Å². The van der Waals surface area contributed by atoms with Gasteiger partial charge in [-0.15, -0.1) is 0 Å². The lowest BCUT2D eigenvalue weighted by Crippen LogP contribution is -2.22. The first kappa shape index (κ1) is 15.6. The smallest absolute Gasteiger partial charge is 0.237 e. The molecule has 0 saturated heterocycles. The molecule has 1 aromatic heterocycles. The molecule has 0 spiro atoms. The van der Waals surface area contributed by atoms with Gasteiger partial charge in [0.15, 0.2) is 5.82 Å². The van der Waals surface area contributed by atoms with Crippen molar-refractivity contribution >= 4 is 37.5 Å². The average Bonchev–Trinajstić information content (AvgIpc) is 2.43. The van der Waals surface area contributed by atoms with Gasteiger partial charge in [-0.1, -0.05) is 12.1 Å². The molecule has 1 heterocycles. The fourth-order valence-corrected chi connectivity index (χ4v) is 2.88. The molecule has 6 nitrogen and oxygen atoms in total. The Bertz CT molecular complexity index is 722. The molecule has 0 radical (unpaired) electrons. The number of ether oxygens (including phenoxy) is 1. The summed E-state index contributed by atoms with van der Waals surface area (Å²) in [6, 6.07) is 10.3. The van der Waals surface area contributed by atoms with Gasteiger partial charge in [0.05, 0.1) is 10.2 Å². The SMILES string of the molecule is Nc1ccccc1OCCS(=O)(=O)Nc1ncccc1Br. The number of hydrogen-bond acceptors (Lipinski definition) is 5. The lowest BCUT2D eigenvalue weighted by atomic mass is 10.3. The molecule has 0 fully saturated rings. The number of rotatable bonds is 6. The molecule has 0 saturated carbocycles. The van der Waals surface area contributed by atoms with Crippen molar-refractivity contribution in [1.82, 2.24) is 4.98 Å². The average molecular weight is 372 g/mol. The second kappa shape index (κ2) is 6.77. The van der Waals surface area contributed by atoms with E-state index in [1.54, 1.807) is 36.4 Å². The summed E-state index contributed by atoms with van der Waals surface area (Å²) in [6.45, 7) is -0.00595. The number of para-hydroxylation sites is 2. The highest BCUT2D eigenvalue weighted by atomic mass is 79.9. The van der Waals surface area contributed by atoms with Crippen molar-refractivity contribution in [3.05, 3.63) is 47.1 Å². The minimum absolute atomic E-state index is 0.00595.